The number of methoxy groups -OCH3 is 1. The van der Waals surface area contributed by atoms with Gasteiger partial charge in [-0.3, -0.25) is 4.98 Å². The summed E-state index contributed by atoms with van der Waals surface area (Å²) >= 11 is 7.08. The van der Waals surface area contributed by atoms with E-state index in [0.717, 1.165) is 29.7 Å². The Morgan fingerprint density at radius 1 is 1.03 bits per heavy atom. The van der Waals surface area contributed by atoms with Crippen molar-refractivity contribution in [3.05, 3.63) is 70.3 Å². The molecule has 4 rings (SSSR count). The van der Waals surface area contributed by atoms with Crippen molar-refractivity contribution < 1.29 is 17.9 Å². The summed E-state index contributed by atoms with van der Waals surface area (Å²) in [6.07, 6.45) is 8.81. The molecule has 0 atom stereocenters. The highest BCUT2D eigenvalue weighted by molar-refractivity contribution is 7.91. The number of benzene rings is 1. The maximum absolute atomic E-state index is 13.5. The van der Waals surface area contributed by atoms with E-state index in [4.69, 9.17) is 21.1 Å². The molecule has 182 valence electrons. The number of aromatic nitrogens is 1. The molecule has 0 spiro atoms. The fraction of sp³-hybridized carbons (Fsp3) is 0.400. The molecule has 0 bridgehead atoms. The van der Waals surface area contributed by atoms with Crippen LogP contribution in [0.15, 0.2) is 58.9 Å². The number of hydrogen-bond donors (Lipinski definition) is 0. The van der Waals surface area contributed by atoms with Crippen molar-refractivity contribution in [2.75, 3.05) is 7.11 Å². The molecule has 0 aliphatic heterocycles. The summed E-state index contributed by atoms with van der Waals surface area (Å²) < 4.78 is 40.9. The van der Waals surface area contributed by atoms with Crippen LogP contribution in [0.25, 0.3) is 0 Å². The lowest BCUT2D eigenvalue weighted by Gasteiger charge is -2.23. The van der Waals surface area contributed by atoms with E-state index in [-0.39, 0.29) is 23.4 Å². The molecule has 1 aliphatic rings. The van der Waals surface area contributed by atoms with Crippen LogP contribution in [0.4, 0.5) is 0 Å². The number of pyridine rings is 1. The average molecular weight is 521 g/mol. The maximum atomic E-state index is 13.5. The molecule has 1 aliphatic carbocycles. The summed E-state index contributed by atoms with van der Waals surface area (Å²) in [6.45, 7) is 0.301. The van der Waals surface area contributed by atoms with E-state index in [0.29, 0.717) is 21.5 Å². The topological polar surface area (TPSA) is 68.7 Å². The first-order valence-electron chi connectivity index (χ1n) is 11.4. The van der Waals surface area contributed by atoms with Gasteiger partial charge in [-0.25, -0.2) is 8.42 Å². The van der Waals surface area contributed by atoms with E-state index in [1.807, 2.05) is 30.3 Å². The van der Waals surface area contributed by atoms with Crippen molar-refractivity contribution in [1.29, 1.82) is 0 Å². The molecular formula is C25H29ClN2O4S2. The zero-order valence-corrected chi connectivity index (χ0v) is 21.5. The highest BCUT2D eigenvalue weighted by Gasteiger charge is 2.27. The number of nitrogens with zero attached hydrogens (tertiary/aromatic N) is 2. The largest absolute Gasteiger partial charge is 0.493 e. The maximum Gasteiger partial charge on any atom is 0.253 e. The number of ether oxygens (including phenoxy) is 2. The summed E-state index contributed by atoms with van der Waals surface area (Å²) in [7, 11) is -2.17. The normalized spacial score (nSPS) is 15.3. The average Bonchev–Trinajstić information content (AvgIpc) is 3.13. The minimum atomic E-state index is -3.78. The molecule has 1 aromatic carbocycles. The van der Waals surface area contributed by atoms with Gasteiger partial charge in [0.2, 0.25) is 0 Å². The van der Waals surface area contributed by atoms with Crippen LogP contribution >= 0.6 is 22.9 Å². The van der Waals surface area contributed by atoms with Crippen LogP contribution in [0, 0.1) is 0 Å². The van der Waals surface area contributed by atoms with Crippen LogP contribution in [0.5, 0.6) is 11.5 Å². The fourth-order valence-corrected chi connectivity index (χ4v) is 7.15. The summed E-state index contributed by atoms with van der Waals surface area (Å²) in [5.41, 5.74) is 1.46. The molecule has 34 heavy (non-hydrogen) atoms. The lowest BCUT2D eigenvalue weighted by molar-refractivity contribution is 0.176. The molecular weight excluding hydrogens is 492 g/mol. The standard InChI is InChI=1S/C25H29ClN2O4S2/c1-31-23-16-19(11-12-22(23)32-21-9-4-2-3-5-10-21)17-28(18-20-8-6-7-15-27-20)34(29,30)25-14-13-24(26)33-25/h6-8,11-16,21H,2-5,9-10,17-18H2,1H3. The second kappa shape index (κ2) is 11.5. The van der Waals surface area contributed by atoms with Gasteiger partial charge in [0.1, 0.15) is 4.21 Å². The van der Waals surface area contributed by atoms with Crippen molar-refractivity contribution >= 4 is 33.0 Å². The van der Waals surface area contributed by atoms with Crippen LogP contribution in [-0.2, 0) is 23.1 Å². The Hall–Kier alpha value is -2.13. The SMILES string of the molecule is COc1cc(CN(Cc2ccccn2)S(=O)(=O)c2ccc(Cl)s2)ccc1OC1CCCCCC1. The predicted molar refractivity (Wildman–Crippen MR) is 135 cm³/mol. The van der Waals surface area contributed by atoms with Gasteiger partial charge < -0.3 is 9.47 Å². The smallest absolute Gasteiger partial charge is 0.253 e. The van der Waals surface area contributed by atoms with Crippen molar-refractivity contribution in [1.82, 2.24) is 9.29 Å². The van der Waals surface area contributed by atoms with Crippen molar-refractivity contribution in [2.45, 2.75) is 61.9 Å². The number of sulfonamides is 1. The quantitative estimate of drug-likeness (QED) is 0.310. The van der Waals surface area contributed by atoms with Crippen LogP contribution in [0.3, 0.4) is 0 Å². The molecule has 6 nitrogen and oxygen atoms in total. The van der Waals surface area contributed by atoms with E-state index >= 15 is 0 Å². The molecule has 2 heterocycles. The summed E-state index contributed by atoms with van der Waals surface area (Å²) in [5.74, 6) is 1.30. The molecule has 0 amide bonds. The number of rotatable bonds is 9. The Balaban J connectivity index is 1.58. The van der Waals surface area contributed by atoms with E-state index in [2.05, 4.69) is 4.98 Å². The second-order valence-electron chi connectivity index (χ2n) is 8.37. The summed E-state index contributed by atoms with van der Waals surface area (Å²) in [5, 5.41) is 0. The number of thiophene rings is 1. The third-order valence-corrected chi connectivity index (χ3v) is 9.38. The Morgan fingerprint density at radius 2 is 1.82 bits per heavy atom. The molecule has 1 saturated carbocycles. The van der Waals surface area contributed by atoms with Crippen molar-refractivity contribution in [3.63, 3.8) is 0 Å². The molecule has 0 unspecified atom stereocenters. The first kappa shape index (κ1) is 25.0. The highest BCUT2D eigenvalue weighted by Crippen LogP contribution is 2.34. The zero-order chi connectivity index (χ0) is 24.0. The third kappa shape index (κ3) is 6.30. The molecule has 3 aromatic rings. The first-order valence-corrected chi connectivity index (χ1v) is 14.1. The Labute approximate surface area is 210 Å². The van der Waals surface area contributed by atoms with Gasteiger partial charge in [-0.1, -0.05) is 36.6 Å². The van der Waals surface area contributed by atoms with Gasteiger partial charge in [0, 0.05) is 12.7 Å². The fourth-order valence-electron chi connectivity index (χ4n) is 4.11. The van der Waals surface area contributed by atoms with Gasteiger partial charge in [0.05, 0.1) is 29.8 Å². The highest BCUT2D eigenvalue weighted by atomic mass is 35.5. The van der Waals surface area contributed by atoms with Gasteiger partial charge in [-0.2, -0.15) is 4.31 Å². The number of hydrogen-bond acceptors (Lipinski definition) is 6. The number of halogens is 1. The van der Waals surface area contributed by atoms with Crippen LogP contribution in [0.1, 0.15) is 49.8 Å². The van der Waals surface area contributed by atoms with Crippen molar-refractivity contribution in [3.8, 4) is 11.5 Å². The lowest BCUT2D eigenvalue weighted by atomic mass is 10.1. The molecule has 9 heteroatoms. The Bertz CT molecular complexity index is 1180. The molecule has 0 radical (unpaired) electrons. The Morgan fingerprint density at radius 3 is 2.47 bits per heavy atom. The van der Waals surface area contributed by atoms with Gasteiger partial charge >= 0.3 is 0 Å². The minimum absolute atomic E-state index is 0.140. The second-order valence-corrected chi connectivity index (χ2v) is 12.2. The van der Waals surface area contributed by atoms with Gasteiger partial charge in [0.15, 0.2) is 11.5 Å². The van der Waals surface area contributed by atoms with E-state index in [1.165, 1.54) is 36.1 Å². The van der Waals surface area contributed by atoms with Crippen molar-refractivity contribution in [2.24, 2.45) is 0 Å². The van der Waals surface area contributed by atoms with E-state index in [9.17, 15) is 8.42 Å². The third-order valence-electron chi connectivity index (χ3n) is 5.89. The minimum Gasteiger partial charge on any atom is -0.493 e. The first-order chi connectivity index (χ1) is 16.5. The van der Waals surface area contributed by atoms with Crippen LogP contribution in [0.2, 0.25) is 4.34 Å². The molecule has 2 aromatic heterocycles. The summed E-state index contributed by atoms with van der Waals surface area (Å²) in [4.78, 5) is 4.32. The monoisotopic (exact) mass is 520 g/mol. The van der Waals surface area contributed by atoms with Crippen LogP contribution in [-0.4, -0.2) is 30.9 Å². The van der Waals surface area contributed by atoms with Gasteiger partial charge in [-0.15, -0.1) is 11.3 Å². The lowest BCUT2D eigenvalue weighted by Crippen LogP contribution is -2.30. The molecule has 0 saturated heterocycles. The van der Waals surface area contributed by atoms with E-state index < -0.39 is 10.0 Å². The molecule has 1 fully saturated rings. The Kier molecular flexibility index (Phi) is 8.47. The van der Waals surface area contributed by atoms with Gasteiger partial charge in [-0.05, 0) is 67.6 Å². The van der Waals surface area contributed by atoms with Crippen LogP contribution < -0.4 is 9.47 Å². The zero-order valence-electron chi connectivity index (χ0n) is 19.2. The summed E-state index contributed by atoms with van der Waals surface area (Å²) in [6, 6.07) is 14.2. The van der Waals surface area contributed by atoms with E-state index in [1.54, 1.807) is 25.4 Å². The molecule has 0 N–H and O–H groups in total. The predicted octanol–water partition coefficient (Wildman–Crippen LogP) is 6.30. The van der Waals surface area contributed by atoms with Gasteiger partial charge in [0.25, 0.3) is 10.0 Å².